The normalized spacial score (nSPS) is 23.9. The lowest BCUT2D eigenvalue weighted by atomic mass is 10.3. The van der Waals surface area contributed by atoms with Gasteiger partial charge >= 0.3 is 0 Å². The first-order valence-corrected chi connectivity index (χ1v) is 6.63. The van der Waals surface area contributed by atoms with Gasteiger partial charge in [0.05, 0.1) is 13.1 Å². The second-order valence-corrected chi connectivity index (χ2v) is 5.17. The largest absolute Gasteiger partial charge is 0.333 e. The Kier molecular flexibility index (Phi) is 4.49. The third kappa shape index (κ3) is 4.00. The van der Waals surface area contributed by atoms with Crippen molar-refractivity contribution >= 4 is 17.7 Å². The first kappa shape index (κ1) is 14.0. The summed E-state index contributed by atoms with van der Waals surface area (Å²) in [5.74, 6) is -0.761. The van der Waals surface area contributed by atoms with E-state index in [2.05, 4.69) is 5.32 Å². The van der Waals surface area contributed by atoms with E-state index in [9.17, 15) is 14.4 Å². The maximum absolute atomic E-state index is 11.7. The Morgan fingerprint density at radius 2 is 2.00 bits per heavy atom. The van der Waals surface area contributed by atoms with E-state index in [1.54, 1.807) is 0 Å². The lowest BCUT2D eigenvalue weighted by Crippen LogP contribution is -2.44. The van der Waals surface area contributed by atoms with Crippen LogP contribution in [-0.4, -0.2) is 66.3 Å². The van der Waals surface area contributed by atoms with Crippen molar-refractivity contribution in [3.8, 4) is 0 Å². The smallest absolute Gasteiger partial charge is 0.246 e. The van der Waals surface area contributed by atoms with E-state index in [4.69, 9.17) is 5.73 Å². The van der Waals surface area contributed by atoms with E-state index in [0.717, 1.165) is 19.4 Å². The average Bonchev–Trinajstić information content (AvgIpc) is 2.89. The van der Waals surface area contributed by atoms with Crippen LogP contribution in [0.15, 0.2) is 0 Å². The molecule has 19 heavy (non-hydrogen) atoms. The maximum Gasteiger partial charge on any atom is 0.246 e. The van der Waals surface area contributed by atoms with Crippen LogP contribution in [0.2, 0.25) is 0 Å². The zero-order valence-electron chi connectivity index (χ0n) is 10.9. The fourth-order valence-electron chi connectivity index (χ4n) is 2.49. The number of hydrogen-bond donors (Lipinski definition) is 2. The van der Waals surface area contributed by atoms with Gasteiger partial charge in [-0.15, -0.1) is 0 Å². The minimum Gasteiger partial charge on any atom is -0.333 e. The zero-order valence-corrected chi connectivity index (χ0v) is 10.9. The Morgan fingerprint density at radius 1 is 1.26 bits per heavy atom. The van der Waals surface area contributed by atoms with Crippen LogP contribution in [0, 0.1) is 0 Å². The summed E-state index contributed by atoms with van der Waals surface area (Å²) in [7, 11) is 0. The topological polar surface area (TPSA) is 95.7 Å². The second-order valence-electron chi connectivity index (χ2n) is 5.17. The van der Waals surface area contributed by atoms with Crippen molar-refractivity contribution in [2.24, 2.45) is 5.73 Å². The minimum atomic E-state index is -0.413. The predicted octanol–water partition coefficient (Wildman–Crippen LogP) is -1.72. The van der Waals surface area contributed by atoms with Gasteiger partial charge in [0.2, 0.25) is 17.7 Å². The van der Waals surface area contributed by atoms with Crippen LogP contribution in [0.1, 0.15) is 19.3 Å². The molecule has 2 aliphatic rings. The minimum absolute atomic E-state index is 0.0203. The summed E-state index contributed by atoms with van der Waals surface area (Å²) >= 11 is 0. The van der Waals surface area contributed by atoms with Crippen molar-refractivity contribution in [1.82, 2.24) is 15.1 Å². The number of rotatable bonds is 4. The molecule has 2 heterocycles. The molecule has 0 aliphatic carbocycles. The highest BCUT2D eigenvalue weighted by atomic mass is 16.2. The van der Waals surface area contributed by atoms with Gasteiger partial charge in [0.1, 0.15) is 0 Å². The van der Waals surface area contributed by atoms with Gasteiger partial charge in [-0.2, -0.15) is 0 Å². The molecule has 1 atom stereocenters. The highest BCUT2D eigenvalue weighted by Gasteiger charge is 2.24. The molecule has 0 spiro atoms. The summed E-state index contributed by atoms with van der Waals surface area (Å²) in [4.78, 5) is 38.0. The number of nitrogens with two attached hydrogens (primary N) is 1. The van der Waals surface area contributed by atoms with Gasteiger partial charge in [-0.05, 0) is 12.8 Å². The molecule has 0 unspecified atom stereocenters. The molecule has 2 rings (SSSR count). The Bertz CT molecular complexity index is 385. The van der Waals surface area contributed by atoms with Crippen LogP contribution in [0.25, 0.3) is 0 Å². The zero-order chi connectivity index (χ0) is 13.8. The van der Waals surface area contributed by atoms with E-state index in [1.165, 1.54) is 4.90 Å². The SMILES string of the molecule is N[C@@H]1CCN(CC(=O)NC(=O)CN2CCCC2=O)C1. The Hall–Kier alpha value is -1.47. The van der Waals surface area contributed by atoms with Crippen molar-refractivity contribution in [3.05, 3.63) is 0 Å². The fraction of sp³-hybridized carbons (Fsp3) is 0.750. The molecule has 3 N–H and O–H groups in total. The third-order valence-corrected chi connectivity index (χ3v) is 3.46. The molecule has 2 fully saturated rings. The first-order valence-electron chi connectivity index (χ1n) is 6.63. The molecule has 0 radical (unpaired) electrons. The lowest BCUT2D eigenvalue weighted by molar-refractivity contribution is -0.136. The van der Waals surface area contributed by atoms with Crippen LogP contribution >= 0.6 is 0 Å². The Labute approximate surface area is 112 Å². The van der Waals surface area contributed by atoms with E-state index in [-0.39, 0.29) is 30.9 Å². The summed E-state index contributed by atoms with van der Waals surface area (Å²) in [5, 5.41) is 2.31. The summed E-state index contributed by atoms with van der Waals surface area (Å²) in [6.07, 6.45) is 2.15. The number of likely N-dealkylation sites (tertiary alicyclic amines) is 2. The molecule has 106 valence electrons. The molecule has 7 heteroatoms. The van der Waals surface area contributed by atoms with E-state index < -0.39 is 5.91 Å². The molecule has 0 aromatic heterocycles. The fourth-order valence-corrected chi connectivity index (χ4v) is 2.49. The maximum atomic E-state index is 11.7. The Balaban J connectivity index is 1.69. The third-order valence-electron chi connectivity index (χ3n) is 3.46. The van der Waals surface area contributed by atoms with Crippen LogP contribution in [0.4, 0.5) is 0 Å². The van der Waals surface area contributed by atoms with Gasteiger partial charge in [0, 0.05) is 32.1 Å². The summed E-state index contributed by atoms with van der Waals surface area (Å²) in [5.41, 5.74) is 5.74. The van der Waals surface area contributed by atoms with Crippen LogP contribution in [0.5, 0.6) is 0 Å². The van der Waals surface area contributed by atoms with E-state index in [0.29, 0.717) is 19.5 Å². The second kappa shape index (κ2) is 6.12. The highest BCUT2D eigenvalue weighted by Crippen LogP contribution is 2.08. The monoisotopic (exact) mass is 268 g/mol. The number of imide groups is 1. The molecule has 7 nitrogen and oxygen atoms in total. The van der Waals surface area contributed by atoms with Crippen LogP contribution < -0.4 is 11.1 Å². The van der Waals surface area contributed by atoms with Crippen molar-refractivity contribution in [1.29, 1.82) is 0 Å². The van der Waals surface area contributed by atoms with Crippen LogP contribution in [0.3, 0.4) is 0 Å². The summed E-state index contributed by atoms with van der Waals surface area (Å²) in [6.45, 7) is 2.23. The van der Waals surface area contributed by atoms with Gasteiger partial charge in [0.25, 0.3) is 0 Å². The standard InChI is InChI=1S/C12H20N4O3/c13-9-3-5-15(6-9)7-10(17)14-11(18)8-16-4-1-2-12(16)19/h9H,1-8,13H2,(H,14,17,18)/t9-/m1/s1. The van der Waals surface area contributed by atoms with Gasteiger partial charge < -0.3 is 10.6 Å². The summed E-state index contributed by atoms with van der Waals surface area (Å²) < 4.78 is 0. The van der Waals surface area contributed by atoms with E-state index in [1.807, 2.05) is 4.90 Å². The van der Waals surface area contributed by atoms with Gasteiger partial charge in [-0.25, -0.2) is 0 Å². The number of carbonyl (C=O) groups is 3. The quantitative estimate of drug-likeness (QED) is 0.632. The number of nitrogens with one attached hydrogen (secondary N) is 1. The average molecular weight is 268 g/mol. The van der Waals surface area contributed by atoms with Crippen molar-refractivity contribution in [2.45, 2.75) is 25.3 Å². The number of hydrogen-bond acceptors (Lipinski definition) is 5. The lowest BCUT2D eigenvalue weighted by Gasteiger charge is -2.16. The van der Waals surface area contributed by atoms with E-state index >= 15 is 0 Å². The molecule has 3 amide bonds. The molecular weight excluding hydrogens is 248 g/mol. The summed E-state index contributed by atoms with van der Waals surface area (Å²) in [6, 6.07) is 0.116. The molecule has 0 bridgehead atoms. The van der Waals surface area contributed by atoms with Crippen LogP contribution in [-0.2, 0) is 14.4 Å². The van der Waals surface area contributed by atoms with Crippen molar-refractivity contribution < 1.29 is 14.4 Å². The molecule has 2 saturated heterocycles. The van der Waals surface area contributed by atoms with Gasteiger partial charge in [0.15, 0.2) is 0 Å². The molecule has 0 aromatic rings. The Morgan fingerprint density at radius 3 is 2.58 bits per heavy atom. The molecular formula is C12H20N4O3. The van der Waals surface area contributed by atoms with Gasteiger partial charge in [-0.3, -0.25) is 24.6 Å². The van der Waals surface area contributed by atoms with Crippen molar-refractivity contribution in [3.63, 3.8) is 0 Å². The molecule has 0 aromatic carbocycles. The van der Waals surface area contributed by atoms with Gasteiger partial charge in [-0.1, -0.05) is 0 Å². The highest BCUT2D eigenvalue weighted by molar-refractivity contribution is 5.98. The number of carbonyl (C=O) groups excluding carboxylic acids is 3. The number of amides is 3. The molecule has 2 aliphatic heterocycles. The number of nitrogens with zero attached hydrogens (tertiary/aromatic N) is 2. The predicted molar refractivity (Wildman–Crippen MR) is 68.0 cm³/mol. The van der Waals surface area contributed by atoms with Crippen molar-refractivity contribution in [2.75, 3.05) is 32.7 Å². The molecule has 0 saturated carbocycles. The first-order chi connectivity index (χ1) is 9.04.